The summed E-state index contributed by atoms with van der Waals surface area (Å²) < 4.78 is 4.99. The Bertz CT molecular complexity index is 958. The highest BCUT2D eigenvalue weighted by Crippen LogP contribution is 2.26. The van der Waals surface area contributed by atoms with Gasteiger partial charge < -0.3 is 14.8 Å². The highest BCUT2D eigenvalue weighted by molar-refractivity contribution is 6.32. The van der Waals surface area contributed by atoms with Crippen molar-refractivity contribution in [3.05, 3.63) is 64.5 Å². The van der Waals surface area contributed by atoms with Crippen LogP contribution in [0.5, 0.6) is 0 Å². The van der Waals surface area contributed by atoms with Gasteiger partial charge >= 0.3 is 0 Å². The third-order valence-electron chi connectivity index (χ3n) is 3.56. The number of benzene rings is 2. The van der Waals surface area contributed by atoms with Gasteiger partial charge in [0.05, 0.1) is 28.8 Å². The molecule has 0 unspecified atom stereocenters. The van der Waals surface area contributed by atoms with Crippen molar-refractivity contribution < 1.29 is 9.52 Å². The van der Waals surface area contributed by atoms with Crippen LogP contribution in [-0.2, 0) is 0 Å². The summed E-state index contributed by atoms with van der Waals surface area (Å²) in [6.45, 7) is 6.38. The maximum absolute atomic E-state index is 8.71. The fourth-order valence-corrected chi connectivity index (χ4v) is 2.35. The molecule has 0 atom stereocenters. The second-order valence-electron chi connectivity index (χ2n) is 5.29. The topological polar surface area (TPSA) is 119 Å². The van der Waals surface area contributed by atoms with E-state index in [4.69, 9.17) is 31.6 Å². The van der Waals surface area contributed by atoms with Crippen molar-refractivity contribution in [2.45, 2.75) is 20.8 Å². The van der Waals surface area contributed by atoms with Gasteiger partial charge in [0.2, 0.25) is 12.3 Å². The minimum atomic E-state index is 0.0665. The van der Waals surface area contributed by atoms with E-state index in [0.29, 0.717) is 28.6 Å². The van der Waals surface area contributed by atoms with Gasteiger partial charge in [0, 0.05) is 17.8 Å². The van der Waals surface area contributed by atoms with Gasteiger partial charge in [0.25, 0.3) is 0 Å². The van der Waals surface area contributed by atoms with Crippen LogP contribution >= 0.6 is 11.6 Å². The van der Waals surface area contributed by atoms with Crippen LogP contribution in [0.25, 0.3) is 11.5 Å². The number of anilines is 1. The number of halogens is 1. The summed E-state index contributed by atoms with van der Waals surface area (Å²) in [5.41, 5.74) is 3.58. The summed E-state index contributed by atoms with van der Waals surface area (Å²) in [7, 11) is 0. The zero-order valence-electron chi connectivity index (χ0n) is 16.5. The van der Waals surface area contributed by atoms with Crippen LogP contribution < -0.4 is 5.32 Å². The Morgan fingerprint density at radius 1 is 1.10 bits per heavy atom. The van der Waals surface area contributed by atoms with Crippen molar-refractivity contribution in [3.8, 4) is 23.6 Å². The van der Waals surface area contributed by atoms with Gasteiger partial charge in [-0.1, -0.05) is 25.4 Å². The molecule has 2 aromatic carbocycles. The second kappa shape index (κ2) is 12.9. The Morgan fingerprint density at radius 3 is 2.31 bits per heavy atom. The Labute approximate surface area is 175 Å². The molecule has 0 saturated carbocycles. The molecule has 0 aliphatic carbocycles. The smallest absolute Gasteiger partial charge is 0.247 e. The van der Waals surface area contributed by atoms with Crippen LogP contribution in [-0.4, -0.2) is 28.5 Å². The van der Waals surface area contributed by atoms with Gasteiger partial charge in [-0.25, -0.2) is 0 Å². The summed E-state index contributed by atoms with van der Waals surface area (Å²) in [5.74, 6) is 0.462. The number of rotatable bonds is 4. The van der Waals surface area contributed by atoms with Crippen molar-refractivity contribution in [2.24, 2.45) is 0 Å². The molecule has 3 rings (SSSR count). The SMILES string of the molecule is CC.Cc1c(NCCO)ccc(C#N)c1Cl.N#Cc1ccc(-c2nnco2)cc1. The van der Waals surface area contributed by atoms with Crippen LogP contribution in [0.4, 0.5) is 5.69 Å². The lowest BCUT2D eigenvalue weighted by Crippen LogP contribution is -2.06. The van der Waals surface area contributed by atoms with E-state index in [9.17, 15) is 0 Å². The maximum Gasteiger partial charge on any atom is 0.247 e. The van der Waals surface area contributed by atoms with E-state index in [1.54, 1.807) is 36.4 Å². The molecule has 0 radical (unpaired) electrons. The predicted molar refractivity (Wildman–Crippen MR) is 112 cm³/mol. The summed E-state index contributed by atoms with van der Waals surface area (Å²) in [4.78, 5) is 0. The highest BCUT2D eigenvalue weighted by atomic mass is 35.5. The highest BCUT2D eigenvalue weighted by Gasteiger charge is 2.06. The molecule has 7 nitrogen and oxygen atoms in total. The molecular formula is C21H22ClN5O2. The molecular weight excluding hydrogens is 390 g/mol. The number of hydrogen-bond acceptors (Lipinski definition) is 7. The second-order valence-corrected chi connectivity index (χ2v) is 5.67. The van der Waals surface area contributed by atoms with Crippen LogP contribution in [0.2, 0.25) is 5.02 Å². The molecule has 2 N–H and O–H groups in total. The molecule has 0 fully saturated rings. The van der Waals surface area contributed by atoms with E-state index in [1.165, 1.54) is 6.39 Å². The first-order valence-corrected chi connectivity index (χ1v) is 9.29. The van der Waals surface area contributed by atoms with Crippen LogP contribution in [0.15, 0.2) is 47.2 Å². The van der Waals surface area contributed by atoms with Crippen molar-refractivity contribution >= 4 is 17.3 Å². The first-order valence-electron chi connectivity index (χ1n) is 8.91. The molecule has 0 amide bonds. The lowest BCUT2D eigenvalue weighted by atomic mass is 10.1. The maximum atomic E-state index is 8.71. The minimum Gasteiger partial charge on any atom is -0.423 e. The van der Waals surface area contributed by atoms with Gasteiger partial charge in [-0.05, 0) is 48.9 Å². The average molecular weight is 412 g/mol. The quantitative estimate of drug-likeness (QED) is 0.645. The van der Waals surface area contributed by atoms with E-state index < -0.39 is 0 Å². The van der Waals surface area contributed by atoms with Gasteiger partial charge in [-0.2, -0.15) is 10.5 Å². The summed E-state index contributed by atoms with van der Waals surface area (Å²) in [5, 5.41) is 36.7. The third-order valence-corrected chi connectivity index (χ3v) is 4.04. The molecule has 8 heteroatoms. The Kier molecular flexibility index (Phi) is 10.5. The third kappa shape index (κ3) is 6.93. The summed E-state index contributed by atoms with van der Waals surface area (Å²) >= 11 is 5.95. The van der Waals surface area contributed by atoms with E-state index in [2.05, 4.69) is 15.5 Å². The molecule has 0 saturated heterocycles. The fourth-order valence-electron chi connectivity index (χ4n) is 2.14. The lowest BCUT2D eigenvalue weighted by Gasteiger charge is -2.10. The predicted octanol–water partition coefficient (Wildman–Crippen LogP) is 4.56. The average Bonchev–Trinajstić information content (AvgIpc) is 3.32. The lowest BCUT2D eigenvalue weighted by molar-refractivity contribution is 0.311. The molecule has 0 bridgehead atoms. The van der Waals surface area contributed by atoms with Crippen LogP contribution in [0.1, 0.15) is 30.5 Å². The molecule has 150 valence electrons. The first-order chi connectivity index (χ1) is 14.1. The van der Waals surface area contributed by atoms with Crippen molar-refractivity contribution in [3.63, 3.8) is 0 Å². The van der Waals surface area contributed by atoms with Crippen LogP contribution in [0, 0.1) is 29.6 Å². The summed E-state index contributed by atoms with van der Waals surface area (Å²) in [6, 6.07) is 14.4. The van der Waals surface area contributed by atoms with E-state index >= 15 is 0 Å². The number of nitrogens with zero attached hydrogens (tertiary/aromatic N) is 4. The molecule has 29 heavy (non-hydrogen) atoms. The number of aromatic nitrogens is 2. The molecule has 0 aliphatic rings. The standard InChI is InChI=1S/C10H11ClN2O.C9H5N3O.C2H6/c1-7-9(13-4-5-14)3-2-8(6-12)10(7)11;10-5-7-1-3-8(4-2-7)9-12-11-6-13-9;1-2/h2-3,13-14H,4-5H2,1H3;1-4,6H;1-2H3. The Hall–Kier alpha value is -3.39. The molecule has 0 aliphatic heterocycles. The fraction of sp³-hybridized carbons (Fsp3) is 0.238. The number of aliphatic hydroxyl groups is 1. The van der Waals surface area contributed by atoms with Gasteiger partial charge in [-0.15, -0.1) is 10.2 Å². The first kappa shape index (κ1) is 23.6. The minimum absolute atomic E-state index is 0.0665. The molecule has 1 aromatic heterocycles. The number of nitriles is 2. The monoisotopic (exact) mass is 411 g/mol. The Morgan fingerprint density at radius 2 is 1.79 bits per heavy atom. The largest absolute Gasteiger partial charge is 0.423 e. The zero-order valence-corrected chi connectivity index (χ0v) is 17.2. The molecule has 1 heterocycles. The molecule has 0 spiro atoms. The van der Waals surface area contributed by atoms with E-state index in [0.717, 1.165) is 16.8 Å². The number of nitrogens with one attached hydrogen (secondary N) is 1. The van der Waals surface area contributed by atoms with Gasteiger partial charge in [0.1, 0.15) is 6.07 Å². The van der Waals surface area contributed by atoms with Crippen molar-refractivity contribution in [1.29, 1.82) is 10.5 Å². The van der Waals surface area contributed by atoms with Gasteiger partial charge in [-0.3, -0.25) is 0 Å². The van der Waals surface area contributed by atoms with Crippen LogP contribution in [0.3, 0.4) is 0 Å². The normalized spacial score (nSPS) is 9.07. The van der Waals surface area contributed by atoms with Gasteiger partial charge in [0.15, 0.2) is 0 Å². The zero-order chi connectivity index (χ0) is 21.6. The van der Waals surface area contributed by atoms with Crippen molar-refractivity contribution in [1.82, 2.24) is 10.2 Å². The Balaban J connectivity index is 0.000000268. The van der Waals surface area contributed by atoms with Crippen molar-refractivity contribution in [2.75, 3.05) is 18.5 Å². The molecule has 3 aromatic rings. The number of aliphatic hydroxyl groups excluding tert-OH is 1. The van der Waals surface area contributed by atoms with E-state index in [-0.39, 0.29) is 6.61 Å². The number of hydrogen-bond donors (Lipinski definition) is 2. The van der Waals surface area contributed by atoms with E-state index in [1.807, 2.05) is 32.9 Å². The summed E-state index contributed by atoms with van der Waals surface area (Å²) in [6.07, 6.45) is 1.27.